The number of aromatic nitrogens is 3. The van der Waals surface area contributed by atoms with Gasteiger partial charge in [0.05, 0.1) is 17.3 Å². The van der Waals surface area contributed by atoms with Gasteiger partial charge in [0.15, 0.2) is 0 Å². The van der Waals surface area contributed by atoms with Crippen molar-refractivity contribution in [1.29, 1.82) is 0 Å². The molecule has 1 saturated carbocycles. The van der Waals surface area contributed by atoms with Gasteiger partial charge in [-0.05, 0) is 49.8 Å². The van der Waals surface area contributed by atoms with E-state index in [-0.39, 0.29) is 29.2 Å². The summed E-state index contributed by atoms with van der Waals surface area (Å²) in [7, 11) is 0. The molecule has 0 radical (unpaired) electrons. The van der Waals surface area contributed by atoms with E-state index in [0.717, 1.165) is 49.4 Å². The number of H-pyrrole nitrogens is 2. The van der Waals surface area contributed by atoms with Crippen molar-refractivity contribution in [1.82, 2.24) is 20.1 Å². The number of halogens is 3. The third kappa shape index (κ3) is 2.87. The fourth-order valence-electron chi connectivity index (χ4n) is 4.26. The van der Waals surface area contributed by atoms with E-state index >= 15 is 0 Å². The summed E-state index contributed by atoms with van der Waals surface area (Å²) in [6.45, 7) is 0. The van der Waals surface area contributed by atoms with E-state index in [2.05, 4.69) is 15.2 Å². The largest absolute Gasteiger partial charge is 0.418 e. The molecule has 3 aromatic rings. The number of fused-ring (bicyclic) bond motifs is 2. The Labute approximate surface area is 158 Å². The van der Waals surface area contributed by atoms with Gasteiger partial charge < -0.3 is 9.88 Å². The zero-order chi connectivity index (χ0) is 19.5. The summed E-state index contributed by atoms with van der Waals surface area (Å²) < 4.78 is 39.9. The van der Waals surface area contributed by atoms with Crippen LogP contribution in [0.1, 0.15) is 46.6 Å². The predicted octanol–water partition coefficient (Wildman–Crippen LogP) is 4.07. The Morgan fingerprint density at radius 1 is 1.18 bits per heavy atom. The minimum Gasteiger partial charge on any atom is -0.350 e. The van der Waals surface area contributed by atoms with Gasteiger partial charge in [-0.2, -0.15) is 18.3 Å². The molecule has 1 atom stereocenters. The van der Waals surface area contributed by atoms with Crippen LogP contribution >= 0.6 is 0 Å². The van der Waals surface area contributed by atoms with Crippen molar-refractivity contribution < 1.29 is 18.0 Å². The molecule has 2 aliphatic rings. The van der Waals surface area contributed by atoms with Crippen LogP contribution in [0.4, 0.5) is 13.2 Å². The van der Waals surface area contributed by atoms with E-state index in [4.69, 9.17) is 0 Å². The lowest BCUT2D eigenvalue weighted by molar-refractivity contribution is -0.136. The first-order valence-corrected chi connectivity index (χ1v) is 9.44. The highest BCUT2D eigenvalue weighted by atomic mass is 19.4. The fraction of sp³-hybridized carbons (Fsp3) is 0.400. The Morgan fingerprint density at radius 3 is 2.75 bits per heavy atom. The topological polar surface area (TPSA) is 64.8 Å². The van der Waals surface area contributed by atoms with Crippen LogP contribution in [0.15, 0.2) is 30.5 Å². The van der Waals surface area contributed by atoms with Crippen LogP contribution in [0.3, 0.4) is 0 Å². The number of hydrogen-bond acceptors (Lipinski definition) is 2. The van der Waals surface area contributed by atoms with E-state index in [1.165, 1.54) is 12.1 Å². The minimum absolute atomic E-state index is 0.0325. The zero-order valence-electron chi connectivity index (χ0n) is 15.0. The number of aryl methyl sites for hydroxylation is 1. The van der Waals surface area contributed by atoms with Gasteiger partial charge in [-0.1, -0.05) is 12.1 Å². The van der Waals surface area contributed by atoms with Gasteiger partial charge in [0.2, 0.25) is 0 Å². The second-order valence-electron chi connectivity index (χ2n) is 7.66. The number of aromatic amines is 2. The highest BCUT2D eigenvalue weighted by Gasteiger charge is 2.40. The molecular formula is C20H19F3N4O. The summed E-state index contributed by atoms with van der Waals surface area (Å²) in [6.07, 6.45) is 1.58. The summed E-state index contributed by atoms with van der Waals surface area (Å²) in [5.41, 5.74) is 1.67. The summed E-state index contributed by atoms with van der Waals surface area (Å²) in [5.74, 6) is -0.219. The van der Waals surface area contributed by atoms with Gasteiger partial charge >= 0.3 is 6.18 Å². The number of rotatable bonds is 3. The van der Waals surface area contributed by atoms with Gasteiger partial charge in [0.25, 0.3) is 5.91 Å². The van der Waals surface area contributed by atoms with E-state index in [9.17, 15) is 18.0 Å². The maximum atomic E-state index is 13.3. The van der Waals surface area contributed by atoms with Crippen LogP contribution < -0.4 is 0 Å². The summed E-state index contributed by atoms with van der Waals surface area (Å²) in [5, 5.41) is 7.47. The molecule has 2 heterocycles. The van der Waals surface area contributed by atoms with E-state index in [1.807, 2.05) is 4.90 Å². The molecule has 28 heavy (non-hydrogen) atoms. The molecule has 5 rings (SSSR count). The third-order valence-corrected chi connectivity index (χ3v) is 5.75. The van der Waals surface area contributed by atoms with Gasteiger partial charge in [-0.3, -0.25) is 9.89 Å². The van der Waals surface area contributed by atoms with Gasteiger partial charge in [0.1, 0.15) is 5.69 Å². The molecule has 0 aliphatic heterocycles. The molecule has 1 unspecified atom stereocenters. The molecule has 1 fully saturated rings. The van der Waals surface area contributed by atoms with Crippen LogP contribution in [0.5, 0.6) is 0 Å². The quantitative estimate of drug-likeness (QED) is 0.710. The molecule has 146 valence electrons. The van der Waals surface area contributed by atoms with Crippen molar-refractivity contribution in [3.05, 3.63) is 53.0 Å². The second kappa shape index (κ2) is 6.12. The van der Waals surface area contributed by atoms with Crippen molar-refractivity contribution in [3.63, 3.8) is 0 Å². The molecule has 2 N–H and O–H groups in total. The van der Waals surface area contributed by atoms with Crippen molar-refractivity contribution in [2.45, 2.75) is 50.4 Å². The normalized spacial score (nSPS) is 19.6. The van der Waals surface area contributed by atoms with E-state index in [0.29, 0.717) is 5.39 Å². The van der Waals surface area contributed by atoms with E-state index < -0.39 is 11.7 Å². The van der Waals surface area contributed by atoms with Crippen molar-refractivity contribution in [3.8, 4) is 0 Å². The number of hydrogen-bond donors (Lipinski definition) is 2. The van der Waals surface area contributed by atoms with Crippen LogP contribution in [-0.4, -0.2) is 38.1 Å². The lowest BCUT2D eigenvalue weighted by atomic mass is 9.92. The first-order chi connectivity index (χ1) is 13.4. The Hall–Kier alpha value is -2.77. The highest BCUT2D eigenvalue weighted by Crippen LogP contribution is 2.37. The SMILES string of the molecule is O=C(c1cc2cccc(C(F)(F)F)c2[nH]1)N(C1CC1)C1CCc2[nH]ncc2C1. The van der Waals surface area contributed by atoms with Gasteiger partial charge in [0, 0.05) is 23.2 Å². The van der Waals surface area contributed by atoms with Crippen LogP contribution in [-0.2, 0) is 19.0 Å². The Balaban J connectivity index is 1.49. The Morgan fingerprint density at radius 2 is 2.00 bits per heavy atom. The third-order valence-electron chi connectivity index (χ3n) is 5.75. The zero-order valence-corrected chi connectivity index (χ0v) is 15.0. The Kier molecular flexibility index (Phi) is 3.79. The molecule has 0 spiro atoms. The summed E-state index contributed by atoms with van der Waals surface area (Å²) in [6, 6.07) is 5.74. The molecule has 5 nitrogen and oxygen atoms in total. The number of para-hydroxylation sites is 1. The lowest BCUT2D eigenvalue weighted by Gasteiger charge is -2.34. The van der Waals surface area contributed by atoms with E-state index in [1.54, 1.807) is 12.3 Å². The molecular weight excluding hydrogens is 369 g/mol. The smallest absolute Gasteiger partial charge is 0.350 e. The van der Waals surface area contributed by atoms with Gasteiger partial charge in [-0.25, -0.2) is 0 Å². The van der Waals surface area contributed by atoms with Gasteiger partial charge in [-0.15, -0.1) is 0 Å². The molecule has 2 aromatic heterocycles. The Bertz CT molecular complexity index is 1050. The number of carbonyl (C=O) groups excluding carboxylic acids is 1. The van der Waals surface area contributed by atoms with Crippen molar-refractivity contribution in [2.75, 3.05) is 0 Å². The second-order valence-corrected chi connectivity index (χ2v) is 7.66. The van der Waals surface area contributed by atoms with Crippen molar-refractivity contribution in [2.24, 2.45) is 0 Å². The molecule has 0 bridgehead atoms. The maximum absolute atomic E-state index is 13.3. The molecule has 8 heteroatoms. The maximum Gasteiger partial charge on any atom is 0.418 e. The monoisotopic (exact) mass is 388 g/mol. The molecule has 1 aromatic carbocycles. The van der Waals surface area contributed by atoms with Crippen LogP contribution in [0.2, 0.25) is 0 Å². The summed E-state index contributed by atoms with van der Waals surface area (Å²) >= 11 is 0. The molecule has 0 saturated heterocycles. The predicted molar refractivity (Wildman–Crippen MR) is 96.9 cm³/mol. The number of alkyl halides is 3. The average Bonchev–Trinajstić information content (AvgIpc) is 3.20. The minimum atomic E-state index is -4.47. The fourth-order valence-corrected chi connectivity index (χ4v) is 4.26. The average molecular weight is 388 g/mol. The standard InChI is InChI=1S/C20H19F3N4O/c21-20(22,23)15-3-1-2-11-9-17(25-18(11)15)19(28)27(13-4-5-13)14-6-7-16-12(8-14)10-24-26-16/h1-3,9-10,13-14,25H,4-8H2,(H,24,26). The van der Waals surface area contributed by atoms with Crippen LogP contribution in [0, 0.1) is 0 Å². The van der Waals surface area contributed by atoms with Crippen molar-refractivity contribution >= 4 is 16.8 Å². The molecule has 2 aliphatic carbocycles. The number of carbonyl (C=O) groups is 1. The highest BCUT2D eigenvalue weighted by molar-refractivity contribution is 5.99. The molecule has 1 amide bonds. The number of nitrogens with zero attached hydrogens (tertiary/aromatic N) is 2. The first-order valence-electron chi connectivity index (χ1n) is 9.44. The number of benzene rings is 1. The van der Waals surface area contributed by atoms with Crippen LogP contribution in [0.25, 0.3) is 10.9 Å². The first kappa shape index (κ1) is 17.3. The lowest BCUT2D eigenvalue weighted by Crippen LogP contribution is -2.45. The number of nitrogens with one attached hydrogen (secondary N) is 2. The number of amides is 1. The summed E-state index contributed by atoms with van der Waals surface area (Å²) in [4.78, 5) is 17.9.